The van der Waals surface area contributed by atoms with Gasteiger partial charge in [-0.15, -0.1) is 0 Å². The summed E-state index contributed by atoms with van der Waals surface area (Å²) in [4.78, 5) is 32.8. The second-order valence-corrected chi connectivity index (χ2v) is 5.34. The average molecular weight is 277 g/mol. The van der Waals surface area contributed by atoms with Crippen molar-refractivity contribution in [2.75, 3.05) is 0 Å². The second-order valence-electron chi connectivity index (χ2n) is 5.34. The van der Waals surface area contributed by atoms with Crippen molar-refractivity contribution in [2.45, 2.75) is 51.6 Å². The van der Waals surface area contributed by atoms with Gasteiger partial charge in [0, 0.05) is 12.1 Å². The molecule has 1 aliphatic carbocycles. The van der Waals surface area contributed by atoms with E-state index in [0.717, 1.165) is 31.9 Å². The lowest BCUT2D eigenvalue weighted by Crippen LogP contribution is -2.44. The molecule has 6 heteroatoms. The zero-order valence-electron chi connectivity index (χ0n) is 11.7. The summed E-state index contributed by atoms with van der Waals surface area (Å²) in [6.07, 6.45) is 6.70. The van der Waals surface area contributed by atoms with Crippen LogP contribution in [0.25, 0.3) is 0 Å². The fourth-order valence-electron chi connectivity index (χ4n) is 2.69. The highest BCUT2D eigenvalue weighted by atomic mass is 16.4. The van der Waals surface area contributed by atoms with Crippen LogP contribution in [0.2, 0.25) is 0 Å². The lowest BCUT2D eigenvalue weighted by Gasteiger charge is -2.32. The van der Waals surface area contributed by atoms with Crippen LogP contribution in [0.1, 0.15) is 60.5 Å². The van der Waals surface area contributed by atoms with E-state index in [1.807, 2.05) is 18.7 Å². The summed E-state index contributed by atoms with van der Waals surface area (Å²) >= 11 is 0. The molecular weight excluding hydrogens is 258 g/mol. The van der Waals surface area contributed by atoms with Crippen LogP contribution < -0.4 is 0 Å². The summed E-state index contributed by atoms with van der Waals surface area (Å²) in [5.74, 6) is -1.32. The molecule has 0 unspecified atom stereocenters. The molecule has 0 aromatic carbocycles. The van der Waals surface area contributed by atoms with Crippen molar-refractivity contribution in [3.05, 3.63) is 23.8 Å². The smallest absolute Gasteiger partial charge is 0.356 e. The molecule has 1 amide bonds. The third-order valence-corrected chi connectivity index (χ3v) is 3.60. The topological polar surface area (TPSA) is 83.4 Å². The number of carbonyl (C=O) groups excluding carboxylic acids is 1. The normalized spacial score (nSPS) is 15.6. The third-order valence-electron chi connectivity index (χ3n) is 3.60. The summed E-state index contributed by atoms with van der Waals surface area (Å²) < 4.78 is 0. The van der Waals surface area contributed by atoms with Gasteiger partial charge in [0.15, 0.2) is 5.69 Å². The van der Waals surface area contributed by atoms with Crippen LogP contribution in [0, 0.1) is 0 Å². The van der Waals surface area contributed by atoms with E-state index >= 15 is 0 Å². The Hall–Kier alpha value is -1.98. The maximum absolute atomic E-state index is 12.5. The van der Waals surface area contributed by atoms with Crippen molar-refractivity contribution in [1.29, 1.82) is 0 Å². The van der Waals surface area contributed by atoms with Gasteiger partial charge in [-0.1, -0.05) is 12.8 Å². The van der Waals surface area contributed by atoms with Gasteiger partial charge in [0.2, 0.25) is 0 Å². The predicted molar refractivity (Wildman–Crippen MR) is 72.6 cm³/mol. The lowest BCUT2D eigenvalue weighted by molar-refractivity contribution is 0.0603. The molecule has 1 fully saturated rings. The Bertz CT molecular complexity index is 493. The van der Waals surface area contributed by atoms with E-state index in [4.69, 9.17) is 5.11 Å². The van der Waals surface area contributed by atoms with Crippen LogP contribution in [0.3, 0.4) is 0 Å². The molecular formula is C14H19N3O3. The number of carboxylic acid groups (broad SMARTS) is 1. The molecule has 1 heterocycles. The molecule has 1 aliphatic rings. The van der Waals surface area contributed by atoms with Crippen molar-refractivity contribution in [2.24, 2.45) is 0 Å². The lowest BCUT2D eigenvalue weighted by atomic mass is 10.1. The van der Waals surface area contributed by atoms with Crippen LogP contribution >= 0.6 is 0 Å². The minimum absolute atomic E-state index is 0.0894. The zero-order valence-corrected chi connectivity index (χ0v) is 11.7. The van der Waals surface area contributed by atoms with E-state index in [1.54, 1.807) is 0 Å². The third kappa shape index (κ3) is 2.95. The number of hydrogen-bond acceptors (Lipinski definition) is 4. The molecule has 0 bridgehead atoms. The van der Waals surface area contributed by atoms with Gasteiger partial charge in [0.05, 0.1) is 12.4 Å². The van der Waals surface area contributed by atoms with Gasteiger partial charge in [-0.05, 0) is 26.7 Å². The molecule has 0 radical (unpaired) electrons. The van der Waals surface area contributed by atoms with E-state index in [1.165, 1.54) is 6.20 Å². The van der Waals surface area contributed by atoms with Gasteiger partial charge >= 0.3 is 5.97 Å². The average Bonchev–Trinajstić information content (AvgIpc) is 2.92. The molecule has 0 atom stereocenters. The summed E-state index contributed by atoms with van der Waals surface area (Å²) in [5, 5.41) is 8.79. The molecule has 1 aromatic heterocycles. The van der Waals surface area contributed by atoms with E-state index in [2.05, 4.69) is 9.97 Å². The largest absolute Gasteiger partial charge is 0.476 e. The van der Waals surface area contributed by atoms with Crippen LogP contribution in [0.15, 0.2) is 12.4 Å². The highest BCUT2D eigenvalue weighted by Gasteiger charge is 2.30. The number of hydrogen-bond donors (Lipinski definition) is 1. The van der Waals surface area contributed by atoms with Gasteiger partial charge < -0.3 is 10.0 Å². The molecule has 0 spiro atoms. The molecule has 0 aliphatic heterocycles. The summed E-state index contributed by atoms with van der Waals surface area (Å²) in [6, 6.07) is 0.343. The molecule has 108 valence electrons. The minimum atomic E-state index is -1.15. The van der Waals surface area contributed by atoms with Crippen molar-refractivity contribution in [1.82, 2.24) is 14.9 Å². The monoisotopic (exact) mass is 277 g/mol. The highest BCUT2D eigenvalue weighted by molar-refractivity contribution is 5.93. The first-order valence-corrected chi connectivity index (χ1v) is 6.88. The molecule has 1 N–H and O–H groups in total. The first-order valence-electron chi connectivity index (χ1n) is 6.88. The predicted octanol–water partition coefficient (Wildman–Crippen LogP) is 1.97. The summed E-state index contributed by atoms with van der Waals surface area (Å²) in [7, 11) is 0. The fourth-order valence-corrected chi connectivity index (χ4v) is 2.69. The van der Waals surface area contributed by atoms with Gasteiger partial charge in [-0.2, -0.15) is 0 Å². The number of carboxylic acids is 1. The zero-order chi connectivity index (χ0) is 14.7. The van der Waals surface area contributed by atoms with Crippen LogP contribution in [0.5, 0.6) is 0 Å². The Labute approximate surface area is 117 Å². The Morgan fingerprint density at radius 3 is 2.20 bits per heavy atom. The minimum Gasteiger partial charge on any atom is -0.476 e. The fraction of sp³-hybridized carbons (Fsp3) is 0.571. The van der Waals surface area contributed by atoms with E-state index in [0.29, 0.717) is 0 Å². The first-order chi connectivity index (χ1) is 9.50. The van der Waals surface area contributed by atoms with E-state index in [-0.39, 0.29) is 29.4 Å². The van der Waals surface area contributed by atoms with Crippen LogP contribution in [-0.2, 0) is 0 Å². The molecule has 2 rings (SSSR count). The van der Waals surface area contributed by atoms with Crippen LogP contribution in [0.4, 0.5) is 0 Å². The Morgan fingerprint density at radius 1 is 1.20 bits per heavy atom. The number of aromatic carboxylic acids is 1. The molecule has 1 saturated carbocycles. The maximum Gasteiger partial charge on any atom is 0.356 e. The Morgan fingerprint density at radius 2 is 1.75 bits per heavy atom. The molecule has 6 nitrogen and oxygen atoms in total. The second kappa shape index (κ2) is 5.98. The quantitative estimate of drug-likeness (QED) is 0.909. The Balaban J connectivity index is 2.20. The molecule has 0 saturated heterocycles. The van der Waals surface area contributed by atoms with Gasteiger partial charge in [-0.3, -0.25) is 4.79 Å². The van der Waals surface area contributed by atoms with Crippen molar-refractivity contribution < 1.29 is 14.7 Å². The van der Waals surface area contributed by atoms with Crippen molar-refractivity contribution in [3.63, 3.8) is 0 Å². The Kier molecular flexibility index (Phi) is 4.32. The van der Waals surface area contributed by atoms with Crippen molar-refractivity contribution in [3.8, 4) is 0 Å². The summed E-state index contributed by atoms with van der Waals surface area (Å²) in [6.45, 7) is 3.96. The maximum atomic E-state index is 12.5. The van der Waals surface area contributed by atoms with Crippen molar-refractivity contribution >= 4 is 11.9 Å². The summed E-state index contributed by atoms with van der Waals surface area (Å²) in [5.41, 5.74) is 0.0501. The van der Waals surface area contributed by atoms with Gasteiger partial charge in [0.25, 0.3) is 5.91 Å². The van der Waals surface area contributed by atoms with Gasteiger partial charge in [0.1, 0.15) is 5.69 Å². The number of amides is 1. The van der Waals surface area contributed by atoms with E-state index < -0.39 is 5.97 Å². The van der Waals surface area contributed by atoms with Crippen LogP contribution in [-0.4, -0.2) is 43.9 Å². The molecule has 20 heavy (non-hydrogen) atoms. The van der Waals surface area contributed by atoms with Gasteiger partial charge in [-0.25, -0.2) is 14.8 Å². The highest BCUT2D eigenvalue weighted by Crippen LogP contribution is 2.26. The number of aromatic nitrogens is 2. The standard InChI is InChI=1S/C14H19N3O3/c1-9(2)17(10-5-3-4-6-10)13(18)11-7-16-12(8-15-11)14(19)20/h7-10H,3-6H2,1-2H3,(H,19,20). The SMILES string of the molecule is CC(C)N(C(=O)c1cnc(C(=O)O)cn1)C1CCCC1. The number of rotatable bonds is 4. The van der Waals surface area contributed by atoms with E-state index in [9.17, 15) is 9.59 Å². The number of nitrogens with zero attached hydrogens (tertiary/aromatic N) is 3. The molecule has 1 aromatic rings. The first kappa shape index (κ1) is 14.4. The number of carbonyl (C=O) groups is 2.